The number of anilines is 1. The Labute approximate surface area is 165 Å². The number of nitrogen functional groups attached to an aromatic ring is 1. The fourth-order valence-corrected chi connectivity index (χ4v) is 3.59. The summed E-state index contributed by atoms with van der Waals surface area (Å²) in [7, 11) is 1.60. The highest BCUT2D eigenvalue weighted by atomic mass is 16.5. The smallest absolute Gasteiger partial charge is 0.262 e. The van der Waals surface area contributed by atoms with Gasteiger partial charge in [0.25, 0.3) is 11.8 Å². The number of nitrogens with zero attached hydrogens (tertiary/aromatic N) is 1. The molecule has 148 valence electrons. The number of ether oxygens (including phenoxy) is 2. The van der Waals surface area contributed by atoms with Crippen molar-refractivity contribution in [1.82, 2.24) is 4.90 Å². The van der Waals surface area contributed by atoms with Gasteiger partial charge in [0.15, 0.2) is 0 Å². The number of hydrogen-bond donors (Lipinski definition) is 1. The summed E-state index contributed by atoms with van der Waals surface area (Å²) >= 11 is 0. The molecule has 1 aliphatic rings. The van der Waals surface area contributed by atoms with E-state index < -0.39 is 6.04 Å². The Morgan fingerprint density at radius 3 is 2.46 bits per heavy atom. The van der Waals surface area contributed by atoms with Crippen LogP contribution in [0.2, 0.25) is 0 Å². The molecule has 0 fully saturated rings. The monoisotopic (exact) mass is 382 g/mol. The second-order valence-electron chi connectivity index (χ2n) is 6.74. The van der Waals surface area contributed by atoms with Crippen LogP contribution in [0.25, 0.3) is 0 Å². The Hall–Kier alpha value is -2.86. The van der Waals surface area contributed by atoms with Crippen LogP contribution in [0.1, 0.15) is 58.2 Å². The third kappa shape index (κ3) is 3.60. The molecule has 1 aliphatic heterocycles. The quantitative estimate of drug-likeness (QED) is 0.557. The largest absolute Gasteiger partial charge is 0.494 e. The normalized spacial score (nSPS) is 14.3. The number of carbonyl (C=O) groups excluding carboxylic acids is 2. The molecule has 6 heteroatoms. The van der Waals surface area contributed by atoms with Crippen molar-refractivity contribution in [2.24, 2.45) is 0 Å². The molecular weight excluding hydrogens is 356 g/mol. The number of imide groups is 1. The van der Waals surface area contributed by atoms with Crippen molar-refractivity contribution in [3.63, 3.8) is 0 Å². The van der Waals surface area contributed by atoms with E-state index in [-0.39, 0.29) is 11.8 Å². The molecule has 2 amide bonds. The van der Waals surface area contributed by atoms with E-state index in [2.05, 4.69) is 6.92 Å². The number of methoxy groups -OCH3 is 1. The summed E-state index contributed by atoms with van der Waals surface area (Å²) in [4.78, 5) is 27.4. The lowest BCUT2D eigenvalue weighted by Crippen LogP contribution is -2.34. The minimum Gasteiger partial charge on any atom is -0.494 e. The molecule has 0 spiro atoms. The van der Waals surface area contributed by atoms with Crippen LogP contribution in [-0.4, -0.2) is 37.0 Å². The molecule has 3 rings (SSSR count). The molecule has 1 unspecified atom stereocenters. The maximum atomic E-state index is 13.0. The van der Waals surface area contributed by atoms with Gasteiger partial charge in [-0.05, 0) is 55.2 Å². The fourth-order valence-electron chi connectivity index (χ4n) is 3.59. The lowest BCUT2D eigenvalue weighted by atomic mass is 9.99. The van der Waals surface area contributed by atoms with Crippen LogP contribution < -0.4 is 10.5 Å². The summed E-state index contributed by atoms with van der Waals surface area (Å²) < 4.78 is 11.0. The molecule has 0 saturated carbocycles. The van der Waals surface area contributed by atoms with Crippen molar-refractivity contribution in [2.45, 2.75) is 32.7 Å². The van der Waals surface area contributed by atoms with Gasteiger partial charge in [-0.15, -0.1) is 0 Å². The Morgan fingerprint density at radius 1 is 1.04 bits per heavy atom. The summed E-state index contributed by atoms with van der Waals surface area (Å²) in [5.74, 6) is 0.148. The zero-order valence-electron chi connectivity index (χ0n) is 16.5. The Morgan fingerprint density at radius 2 is 1.79 bits per heavy atom. The number of amides is 2. The standard InChI is InChI=1S/C22H26N2O4/c1-4-14-6-7-15(12-20(14)28-5-2)19(10-11-27-3)24-21(25)17-9-8-16(23)13-18(17)22(24)26/h6-9,12-13,19H,4-5,10-11,23H2,1-3H3. The van der Waals surface area contributed by atoms with Crippen LogP contribution in [0.5, 0.6) is 5.75 Å². The third-order valence-electron chi connectivity index (χ3n) is 5.01. The molecule has 0 radical (unpaired) electrons. The zero-order valence-corrected chi connectivity index (χ0v) is 16.5. The van der Waals surface area contributed by atoms with Gasteiger partial charge in [-0.2, -0.15) is 0 Å². The lowest BCUT2D eigenvalue weighted by Gasteiger charge is -2.27. The SMILES string of the molecule is CCOc1cc(C(CCOC)N2C(=O)c3ccc(N)cc3C2=O)ccc1CC. The zero-order chi connectivity index (χ0) is 20.3. The lowest BCUT2D eigenvalue weighted by molar-refractivity contribution is 0.0545. The summed E-state index contributed by atoms with van der Waals surface area (Å²) in [6.07, 6.45) is 1.33. The minimum atomic E-state index is -0.446. The van der Waals surface area contributed by atoms with Crippen molar-refractivity contribution in [3.8, 4) is 5.75 Å². The number of benzene rings is 2. The molecule has 2 N–H and O–H groups in total. The Bertz CT molecular complexity index is 894. The van der Waals surface area contributed by atoms with Gasteiger partial charge >= 0.3 is 0 Å². The summed E-state index contributed by atoms with van der Waals surface area (Å²) in [5, 5.41) is 0. The van der Waals surface area contributed by atoms with Crippen molar-refractivity contribution < 1.29 is 19.1 Å². The molecule has 1 heterocycles. The topological polar surface area (TPSA) is 81.9 Å². The highest BCUT2D eigenvalue weighted by Crippen LogP contribution is 2.36. The van der Waals surface area contributed by atoms with Crippen molar-refractivity contribution in [1.29, 1.82) is 0 Å². The third-order valence-corrected chi connectivity index (χ3v) is 5.01. The second-order valence-corrected chi connectivity index (χ2v) is 6.74. The van der Waals surface area contributed by atoms with E-state index in [0.29, 0.717) is 36.4 Å². The fraction of sp³-hybridized carbons (Fsp3) is 0.364. The highest BCUT2D eigenvalue weighted by Gasteiger charge is 2.40. The van der Waals surface area contributed by atoms with E-state index in [0.717, 1.165) is 23.3 Å². The molecule has 2 aromatic carbocycles. The first-order chi connectivity index (χ1) is 13.5. The van der Waals surface area contributed by atoms with Gasteiger partial charge in [0.2, 0.25) is 0 Å². The van der Waals surface area contributed by atoms with Crippen LogP contribution >= 0.6 is 0 Å². The van der Waals surface area contributed by atoms with E-state index in [4.69, 9.17) is 15.2 Å². The number of hydrogen-bond acceptors (Lipinski definition) is 5. The van der Waals surface area contributed by atoms with Crippen LogP contribution in [0, 0.1) is 0 Å². The first-order valence-corrected chi connectivity index (χ1v) is 9.53. The van der Waals surface area contributed by atoms with Gasteiger partial charge < -0.3 is 15.2 Å². The van der Waals surface area contributed by atoms with Gasteiger partial charge in [0.05, 0.1) is 23.8 Å². The summed E-state index contributed by atoms with van der Waals surface area (Å²) in [6.45, 7) is 4.96. The van der Waals surface area contributed by atoms with Crippen LogP contribution in [0.3, 0.4) is 0 Å². The molecule has 2 aromatic rings. The number of rotatable bonds is 8. The molecule has 6 nitrogen and oxygen atoms in total. The Kier molecular flexibility index (Phi) is 5.99. The molecule has 0 aromatic heterocycles. The second kappa shape index (κ2) is 8.44. The first kappa shape index (κ1) is 19.9. The van der Waals surface area contributed by atoms with E-state index in [1.54, 1.807) is 25.3 Å². The van der Waals surface area contributed by atoms with Crippen LogP contribution in [-0.2, 0) is 11.2 Å². The van der Waals surface area contributed by atoms with Crippen molar-refractivity contribution in [3.05, 3.63) is 58.7 Å². The van der Waals surface area contributed by atoms with E-state index in [1.165, 1.54) is 4.90 Å². The van der Waals surface area contributed by atoms with Crippen LogP contribution in [0.15, 0.2) is 36.4 Å². The maximum absolute atomic E-state index is 13.0. The molecular formula is C22H26N2O4. The van der Waals surface area contributed by atoms with Gasteiger partial charge in [0, 0.05) is 19.4 Å². The van der Waals surface area contributed by atoms with Gasteiger partial charge in [-0.25, -0.2) is 0 Å². The maximum Gasteiger partial charge on any atom is 0.262 e. The predicted molar refractivity (Wildman–Crippen MR) is 108 cm³/mol. The number of fused-ring (bicyclic) bond motifs is 1. The van der Waals surface area contributed by atoms with E-state index >= 15 is 0 Å². The summed E-state index contributed by atoms with van der Waals surface area (Å²) in [6, 6.07) is 10.3. The molecule has 1 atom stereocenters. The summed E-state index contributed by atoms with van der Waals surface area (Å²) in [5.41, 5.74) is 8.95. The average molecular weight is 382 g/mol. The minimum absolute atomic E-state index is 0.307. The van der Waals surface area contributed by atoms with Gasteiger partial charge in [-0.3, -0.25) is 14.5 Å². The average Bonchev–Trinajstić information content (AvgIpc) is 2.93. The Balaban J connectivity index is 2.03. The van der Waals surface area contributed by atoms with Crippen molar-refractivity contribution >= 4 is 17.5 Å². The van der Waals surface area contributed by atoms with Gasteiger partial charge in [0.1, 0.15) is 5.75 Å². The number of aryl methyl sites for hydroxylation is 1. The van der Waals surface area contributed by atoms with Crippen molar-refractivity contribution in [2.75, 3.05) is 26.1 Å². The molecule has 0 bridgehead atoms. The van der Waals surface area contributed by atoms with Gasteiger partial charge in [-0.1, -0.05) is 19.1 Å². The number of carbonyl (C=O) groups is 2. The number of nitrogens with two attached hydrogens (primary N) is 1. The van der Waals surface area contributed by atoms with E-state index in [1.807, 2.05) is 25.1 Å². The first-order valence-electron chi connectivity index (χ1n) is 9.53. The molecule has 28 heavy (non-hydrogen) atoms. The molecule has 0 saturated heterocycles. The van der Waals surface area contributed by atoms with E-state index in [9.17, 15) is 9.59 Å². The molecule has 0 aliphatic carbocycles. The predicted octanol–water partition coefficient (Wildman–Crippen LogP) is 3.60. The highest BCUT2D eigenvalue weighted by molar-refractivity contribution is 6.22. The van der Waals surface area contributed by atoms with Crippen LogP contribution in [0.4, 0.5) is 5.69 Å².